The molecule has 2 heterocycles. The Labute approximate surface area is 177 Å². The van der Waals surface area contributed by atoms with E-state index in [4.69, 9.17) is 0 Å². The number of nitrogens with zero attached hydrogens (tertiary/aromatic N) is 5. The van der Waals surface area contributed by atoms with Crippen molar-refractivity contribution in [3.8, 4) is 0 Å². The van der Waals surface area contributed by atoms with E-state index in [1.165, 1.54) is 11.1 Å². The summed E-state index contributed by atoms with van der Waals surface area (Å²) in [6.07, 6.45) is 4.51. The zero-order chi connectivity index (χ0) is 18.5. The van der Waals surface area contributed by atoms with Crippen molar-refractivity contribution >= 4 is 41.5 Å². The van der Waals surface area contributed by atoms with E-state index in [1.54, 1.807) is 22.8 Å². The fourth-order valence-electron chi connectivity index (χ4n) is 3.19. The molecule has 7 nitrogen and oxygen atoms in total. The van der Waals surface area contributed by atoms with Crippen LogP contribution in [-0.4, -0.2) is 59.8 Å². The number of carbonyl (C=O) groups excluding carboxylic acids is 1. The fourth-order valence-corrected chi connectivity index (χ4v) is 3.19. The van der Waals surface area contributed by atoms with Gasteiger partial charge in [0.15, 0.2) is 5.96 Å². The number of halogens is 1. The Balaban J connectivity index is 0.00000261. The van der Waals surface area contributed by atoms with Crippen LogP contribution in [0.15, 0.2) is 41.7 Å². The van der Waals surface area contributed by atoms with Crippen LogP contribution in [0.5, 0.6) is 0 Å². The van der Waals surface area contributed by atoms with Crippen LogP contribution in [0.4, 0.5) is 5.69 Å². The van der Waals surface area contributed by atoms with Gasteiger partial charge in [0, 0.05) is 39.9 Å². The van der Waals surface area contributed by atoms with Crippen LogP contribution in [0.1, 0.15) is 11.1 Å². The highest BCUT2D eigenvalue weighted by Crippen LogP contribution is 2.16. The minimum atomic E-state index is 0. The van der Waals surface area contributed by atoms with Crippen molar-refractivity contribution in [1.82, 2.24) is 20.0 Å². The second kappa shape index (κ2) is 9.72. The van der Waals surface area contributed by atoms with Gasteiger partial charge >= 0.3 is 0 Å². The third-order valence-corrected chi connectivity index (χ3v) is 4.51. The number of aryl methyl sites for hydroxylation is 2. The number of aromatic nitrogens is 2. The van der Waals surface area contributed by atoms with Gasteiger partial charge in [0.1, 0.15) is 6.54 Å². The highest BCUT2D eigenvalue weighted by atomic mass is 127. The molecule has 8 heteroatoms. The number of rotatable bonds is 4. The number of piperazine rings is 1. The molecule has 0 aliphatic carbocycles. The van der Waals surface area contributed by atoms with Gasteiger partial charge < -0.3 is 15.1 Å². The summed E-state index contributed by atoms with van der Waals surface area (Å²) in [5, 5.41) is 7.52. The number of nitrogens with one attached hydrogen (secondary N) is 1. The first-order chi connectivity index (χ1) is 12.6. The summed E-state index contributed by atoms with van der Waals surface area (Å²) in [7, 11) is 3.61. The number of guanidine groups is 1. The largest absolute Gasteiger partial charge is 0.356 e. The summed E-state index contributed by atoms with van der Waals surface area (Å²) >= 11 is 0. The maximum absolute atomic E-state index is 12.5. The molecule has 27 heavy (non-hydrogen) atoms. The molecule has 0 spiro atoms. The first kappa shape index (κ1) is 21.2. The lowest BCUT2D eigenvalue weighted by Gasteiger charge is -2.35. The molecule has 1 saturated heterocycles. The van der Waals surface area contributed by atoms with Crippen LogP contribution in [0.3, 0.4) is 0 Å². The molecule has 1 amide bonds. The van der Waals surface area contributed by atoms with Gasteiger partial charge in [0.2, 0.25) is 5.91 Å². The first-order valence-corrected chi connectivity index (χ1v) is 8.87. The highest BCUT2D eigenvalue weighted by molar-refractivity contribution is 14.0. The van der Waals surface area contributed by atoms with Gasteiger partial charge in [-0.2, -0.15) is 5.10 Å². The van der Waals surface area contributed by atoms with E-state index in [0.717, 1.165) is 31.2 Å². The van der Waals surface area contributed by atoms with Crippen molar-refractivity contribution in [2.24, 2.45) is 12.0 Å². The number of carbonyl (C=O) groups is 1. The lowest BCUT2D eigenvalue weighted by atomic mass is 10.1. The predicted octanol–water partition coefficient (Wildman–Crippen LogP) is 1.81. The van der Waals surface area contributed by atoms with E-state index in [-0.39, 0.29) is 29.9 Å². The average Bonchev–Trinajstić information content (AvgIpc) is 3.05. The maximum Gasteiger partial charge on any atom is 0.246 e. The first-order valence-electron chi connectivity index (χ1n) is 8.87. The van der Waals surface area contributed by atoms with Crippen molar-refractivity contribution in [2.45, 2.75) is 13.3 Å². The monoisotopic (exact) mass is 482 g/mol. The highest BCUT2D eigenvalue weighted by Gasteiger charge is 2.27. The van der Waals surface area contributed by atoms with E-state index < -0.39 is 0 Å². The summed E-state index contributed by atoms with van der Waals surface area (Å²) in [4.78, 5) is 20.7. The van der Waals surface area contributed by atoms with E-state index in [2.05, 4.69) is 46.6 Å². The Morgan fingerprint density at radius 2 is 2.15 bits per heavy atom. The molecule has 1 aliphatic heterocycles. The molecule has 3 rings (SSSR count). The predicted molar refractivity (Wildman–Crippen MR) is 119 cm³/mol. The van der Waals surface area contributed by atoms with Gasteiger partial charge in [-0.25, -0.2) is 0 Å². The standard InChI is InChI=1S/C19H26N6O.HI/c1-15-5-4-6-16(11-15)7-8-21-19(20-2)24-9-10-25(18(26)14-24)17-12-22-23(3)13-17;/h4-6,11-13H,7-10,14H2,1-3H3,(H,20,21);1H. The number of hydrogen-bond donors (Lipinski definition) is 1. The molecular weight excluding hydrogens is 455 g/mol. The molecule has 0 unspecified atom stereocenters. The van der Waals surface area contributed by atoms with E-state index in [9.17, 15) is 4.79 Å². The molecule has 1 N–H and O–H groups in total. The summed E-state index contributed by atoms with van der Waals surface area (Å²) in [5.74, 6) is 0.836. The minimum Gasteiger partial charge on any atom is -0.356 e. The van der Waals surface area contributed by atoms with Crippen molar-refractivity contribution in [1.29, 1.82) is 0 Å². The molecule has 2 aromatic rings. The minimum absolute atomic E-state index is 0. The van der Waals surface area contributed by atoms with Gasteiger partial charge in [0.25, 0.3) is 0 Å². The Kier molecular flexibility index (Phi) is 7.64. The second-order valence-corrected chi connectivity index (χ2v) is 6.55. The van der Waals surface area contributed by atoms with Gasteiger partial charge in [-0.1, -0.05) is 29.8 Å². The zero-order valence-electron chi connectivity index (χ0n) is 16.1. The van der Waals surface area contributed by atoms with Crippen LogP contribution in [-0.2, 0) is 18.3 Å². The van der Waals surface area contributed by atoms with Gasteiger partial charge in [0.05, 0.1) is 11.9 Å². The van der Waals surface area contributed by atoms with Crippen LogP contribution in [0.25, 0.3) is 0 Å². The smallest absolute Gasteiger partial charge is 0.246 e. The molecule has 146 valence electrons. The quantitative estimate of drug-likeness (QED) is 0.410. The van der Waals surface area contributed by atoms with Crippen LogP contribution < -0.4 is 10.2 Å². The molecular formula is C19H27IN6O. The van der Waals surface area contributed by atoms with Gasteiger partial charge in [-0.15, -0.1) is 24.0 Å². The Hall–Kier alpha value is -2.10. The van der Waals surface area contributed by atoms with Gasteiger partial charge in [-0.05, 0) is 18.9 Å². The number of anilines is 1. The molecule has 0 atom stereocenters. The summed E-state index contributed by atoms with van der Waals surface area (Å²) in [5.41, 5.74) is 3.41. The van der Waals surface area contributed by atoms with Crippen molar-refractivity contribution in [3.05, 3.63) is 47.8 Å². The summed E-state index contributed by atoms with van der Waals surface area (Å²) < 4.78 is 1.71. The van der Waals surface area contributed by atoms with Crippen molar-refractivity contribution in [3.63, 3.8) is 0 Å². The summed E-state index contributed by atoms with van der Waals surface area (Å²) in [6, 6.07) is 8.51. The molecule has 0 bridgehead atoms. The third kappa shape index (κ3) is 5.44. The topological polar surface area (TPSA) is 65.8 Å². The SMILES string of the molecule is CN=C(NCCc1cccc(C)c1)N1CCN(c2cnn(C)c2)C(=O)C1.I. The van der Waals surface area contributed by atoms with Crippen LogP contribution >= 0.6 is 24.0 Å². The van der Waals surface area contributed by atoms with E-state index in [1.807, 2.05) is 18.1 Å². The number of hydrogen-bond acceptors (Lipinski definition) is 3. The van der Waals surface area contributed by atoms with E-state index in [0.29, 0.717) is 13.1 Å². The molecule has 1 fully saturated rings. The maximum atomic E-state index is 12.5. The molecule has 1 aromatic heterocycles. The Morgan fingerprint density at radius 3 is 2.78 bits per heavy atom. The molecule has 1 aliphatic rings. The number of aliphatic imine (C=N–C) groups is 1. The van der Waals surface area contributed by atoms with Crippen molar-refractivity contribution < 1.29 is 4.79 Å². The lowest BCUT2D eigenvalue weighted by Crippen LogP contribution is -2.55. The molecule has 1 aromatic carbocycles. The molecule has 0 saturated carbocycles. The average molecular weight is 482 g/mol. The number of benzene rings is 1. The lowest BCUT2D eigenvalue weighted by molar-refractivity contribution is -0.120. The van der Waals surface area contributed by atoms with Crippen LogP contribution in [0, 0.1) is 6.92 Å². The summed E-state index contributed by atoms with van der Waals surface area (Å²) in [6.45, 7) is 4.57. The van der Waals surface area contributed by atoms with Gasteiger partial charge in [-0.3, -0.25) is 14.5 Å². The Morgan fingerprint density at radius 1 is 1.33 bits per heavy atom. The van der Waals surface area contributed by atoms with E-state index >= 15 is 0 Å². The van der Waals surface area contributed by atoms with Crippen LogP contribution in [0.2, 0.25) is 0 Å². The second-order valence-electron chi connectivity index (χ2n) is 6.55. The normalized spacial score (nSPS) is 14.9. The fraction of sp³-hybridized carbons (Fsp3) is 0.421. The zero-order valence-corrected chi connectivity index (χ0v) is 18.4. The third-order valence-electron chi connectivity index (χ3n) is 4.51. The number of amides is 1. The van der Waals surface area contributed by atoms with Crippen molar-refractivity contribution in [2.75, 3.05) is 38.1 Å². The molecule has 0 radical (unpaired) electrons. The Bertz CT molecular complexity index is 803.